The fourth-order valence-corrected chi connectivity index (χ4v) is 5.82. The summed E-state index contributed by atoms with van der Waals surface area (Å²) < 4.78 is 29.4. The van der Waals surface area contributed by atoms with Crippen LogP contribution in [0.4, 0.5) is 0 Å². The minimum Gasteiger partial charge on any atom is -0.507 e. The summed E-state index contributed by atoms with van der Waals surface area (Å²) in [5, 5.41) is 19.2. The summed E-state index contributed by atoms with van der Waals surface area (Å²) in [4.78, 5) is 0.266. The molecule has 0 radical (unpaired) electrons. The summed E-state index contributed by atoms with van der Waals surface area (Å²) in [6.45, 7) is 2.24. The van der Waals surface area contributed by atoms with Gasteiger partial charge in [0.1, 0.15) is 5.75 Å². The van der Waals surface area contributed by atoms with Crippen LogP contribution in [0.3, 0.4) is 0 Å². The van der Waals surface area contributed by atoms with Crippen molar-refractivity contribution in [3.63, 3.8) is 0 Å². The van der Waals surface area contributed by atoms with E-state index in [-0.39, 0.29) is 23.7 Å². The third-order valence-electron chi connectivity index (χ3n) is 5.97. The summed E-state index contributed by atoms with van der Waals surface area (Å²) in [6, 6.07) is 29.4. The molecule has 4 aromatic carbocycles. The summed E-state index contributed by atoms with van der Waals surface area (Å²) in [5.74, 6) is 0.123. The molecule has 0 unspecified atom stereocenters. The number of nitrogens with one attached hydrogen (secondary N) is 1. The van der Waals surface area contributed by atoms with Crippen molar-refractivity contribution < 1.29 is 13.5 Å². The van der Waals surface area contributed by atoms with Gasteiger partial charge < -0.3 is 5.11 Å². The van der Waals surface area contributed by atoms with Gasteiger partial charge in [-0.2, -0.15) is 9.40 Å². The van der Waals surface area contributed by atoms with E-state index in [2.05, 4.69) is 10.2 Å². The summed E-state index contributed by atoms with van der Waals surface area (Å²) in [7, 11) is -3.86. The molecule has 6 nitrogen and oxygen atoms in total. The van der Waals surface area contributed by atoms with E-state index >= 15 is 0 Å². The van der Waals surface area contributed by atoms with Crippen LogP contribution in [-0.2, 0) is 23.1 Å². The number of benzene rings is 4. The van der Waals surface area contributed by atoms with Gasteiger partial charge in [-0.05, 0) is 42.1 Å². The molecule has 0 spiro atoms. The quantitative estimate of drug-likeness (QED) is 0.314. The normalized spacial score (nSPS) is 11.8. The first kappa shape index (κ1) is 22.8. The van der Waals surface area contributed by atoms with Gasteiger partial charge in [0.15, 0.2) is 0 Å². The Labute approximate surface area is 204 Å². The number of aryl methyl sites for hydroxylation is 1. The maximum atomic E-state index is 14.0. The van der Waals surface area contributed by atoms with E-state index < -0.39 is 10.0 Å². The molecular formula is C28H25N3O3S. The van der Waals surface area contributed by atoms with Crippen molar-refractivity contribution in [2.45, 2.75) is 24.9 Å². The first-order valence-corrected chi connectivity index (χ1v) is 12.7. The second-order valence-electron chi connectivity index (χ2n) is 8.54. The first-order valence-electron chi connectivity index (χ1n) is 11.3. The molecular weight excluding hydrogens is 458 g/mol. The molecule has 35 heavy (non-hydrogen) atoms. The molecule has 0 aliphatic heterocycles. The number of phenolic OH excluding ortho intramolecular Hbond substituents is 1. The van der Waals surface area contributed by atoms with E-state index in [1.54, 1.807) is 24.3 Å². The van der Waals surface area contributed by atoms with Gasteiger partial charge in [0.05, 0.1) is 22.8 Å². The number of nitrogens with zero attached hydrogens (tertiary/aromatic N) is 2. The van der Waals surface area contributed by atoms with Crippen molar-refractivity contribution in [3.05, 3.63) is 114 Å². The standard InChI is InChI=1S/C28H25N3O3S/c1-20-14-15-27(32)25(16-20)26-17-23(29-30-26)19-31(18-21-8-3-2-4-9-21)35(33,34)28-13-7-11-22-10-5-6-12-24(22)28/h2-17,32H,18-19H2,1H3,(H,29,30). The molecule has 0 atom stereocenters. The van der Waals surface area contributed by atoms with Gasteiger partial charge >= 0.3 is 0 Å². The number of hydrogen-bond acceptors (Lipinski definition) is 4. The SMILES string of the molecule is Cc1ccc(O)c(-c2cc(CN(Cc3ccccc3)S(=O)(=O)c3cccc4ccccc34)[nH]n2)c1. The second kappa shape index (κ2) is 9.37. The Morgan fingerprint density at radius 1 is 0.857 bits per heavy atom. The van der Waals surface area contributed by atoms with Crippen molar-refractivity contribution >= 4 is 20.8 Å². The van der Waals surface area contributed by atoms with Crippen LogP contribution in [0.1, 0.15) is 16.8 Å². The Hall–Kier alpha value is -3.94. The van der Waals surface area contributed by atoms with Gasteiger partial charge in [-0.1, -0.05) is 78.4 Å². The van der Waals surface area contributed by atoms with E-state index in [0.717, 1.165) is 16.5 Å². The predicted octanol–water partition coefficient (Wildman–Crippen LogP) is 5.64. The minimum absolute atomic E-state index is 0.0972. The molecule has 1 aromatic heterocycles. The zero-order valence-electron chi connectivity index (χ0n) is 19.2. The Morgan fingerprint density at radius 2 is 1.60 bits per heavy atom. The van der Waals surface area contributed by atoms with E-state index in [1.807, 2.05) is 79.7 Å². The summed E-state index contributed by atoms with van der Waals surface area (Å²) in [5.41, 5.74) is 3.65. The monoisotopic (exact) mass is 483 g/mol. The van der Waals surface area contributed by atoms with Crippen LogP contribution in [0.25, 0.3) is 22.0 Å². The zero-order valence-corrected chi connectivity index (χ0v) is 20.0. The lowest BCUT2D eigenvalue weighted by molar-refractivity contribution is 0.397. The van der Waals surface area contributed by atoms with Crippen molar-refractivity contribution in [3.8, 4) is 17.0 Å². The Balaban J connectivity index is 1.54. The largest absolute Gasteiger partial charge is 0.507 e. The Bertz CT molecular complexity index is 1590. The van der Waals surface area contributed by atoms with Gasteiger partial charge in [0.2, 0.25) is 10.0 Å². The summed E-state index contributed by atoms with van der Waals surface area (Å²) >= 11 is 0. The maximum Gasteiger partial charge on any atom is 0.244 e. The van der Waals surface area contributed by atoms with E-state index in [9.17, 15) is 13.5 Å². The van der Waals surface area contributed by atoms with Crippen molar-refractivity contribution in [1.82, 2.24) is 14.5 Å². The molecule has 7 heteroatoms. The van der Waals surface area contributed by atoms with Crippen LogP contribution in [0.5, 0.6) is 5.75 Å². The van der Waals surface area contributed by atoms with Crippen molar-refractivity contribution in [2.75, 3.05) is 0 Å². The number of hydrogen-bond donors (Lipinski definition) is 2. The molecule has 5 rings (SSSR count). The number of aromatic nitrogens is 2. The molecule has 1 heterocycles. The molecule has 2 N–H and O–H groups in total. The number of fused-ring (bicyclic) bond motifs is 1. The zero-order chi connectivity index (χ0) is 24.4. The number of sulfonamides is 1. The lowest BCUT2D eigenvalue weighted by atomic mass is 10.1. The molecule has 5 aromatic rings. The van der Waals surface area contributed by atoms with Crippen molar-refractivity contribution in [2.24, 2.45) is 0 Å². The third kappa shape index (κ3) is 4.69. The predicted molar refractivity (Wildman–Crippen MR) is 137 cm³/mol. The first-order chi connectivity index (χ1) is 16.9. The van der Waals surface area contributed by atoms with Crippen LogP contribution >= 0.6 is 0 Å². The van der Waals surface area contributed by atoms with Crippen molar-refractivity contribution in [1.29, 1.82) is 0 Å². The third-order valence-corrected chi connectivity index (χ3v) is 7.82. The molecule has 0 bridgehead atoms. The number of aromatic amines is 1. The maximum absolute atomic E-state index is 14.0. The highest BCUT2D eigenvalue weighted by Crippen LogP contribution is 2.31. The fourth-order valence-electron chi connectivity index (χ4n) is 4.20. The Kier molecular flexibility index (Phi) is 6.11. The minimum atomic E-state index is -3.86. The average Bonchev–Trinajstić information content (AvgIpc) is 3.34. The van der Waals surface area contributed by atoms with Crippen LogP contribution < -0.4 is 0 Å². The average molecular weight is 484 g/mol. The topological polar surface area (TPSA) is 86.3 Å². The molecule has 0 aliphatic rings. The molecule has 0 aliphatic carbocycles. The van der Waals surface area contributed by atoms with Gasteiger partial charge in [-0.15, -0.1) is 0 Å². The number of aromatic hydroxyl groups is 1. The Morgan fingerprint density at radius 3 is 2.43 bits per heavy atom. The second-order valence-corrected chi connectivity index (χ2v) is 10.4. The molecule has 0 saturated carbocycles. The molecule has 0 amide bonds. The lowest BCUT2D eigenvalue weighted by Gasteiger charge is -2.22. The number of H-pyrrole nitrogens is 1. The number of rotatable bonds is 7. The van der Waals surface area contributed by atoms with Gasteiger partial charge in [-0.3, -0.25) is 5.10 Å². The van der Waals surface area contributed by atoms with E-state index in [1.165, 1.54) is 4.31 Å². The van der Waals surface area contributed by atoms with Gasteiger partial charge in [0.25, 0.3) is 0 Å². The van der Waals surface area contributed by atoms with E-state index in [4.69, 9.17) is 0 Å². The lowest BCUT2D eigenvalue weighted by Crippen LogP contribution is -2.30. The highest BCUT2D eigenvalue weighted by molar-refractivity contribution is 7.89. The van der Waals surface area contributed by atoms with Gasteiger partial charge in [-0.25, -0.2) is 8.42 Å². The van der Waals surface area contributed by atoms with E-state index in [0.29, 0.717) is 22.3 Å². The fraction of sp³-hybridized carbons (Fsp3) is 0.107. The van der Waals surface area contributed by atoms with Crippen LogP contribution in [-0.4, -0.2) is 28.0 Å². The van der Waals surface area contributed by atoms with Crippen LogP contribution in [0.2, 0.25) is 0 Å². The summed E-state index contributed by atoms with van der Waals surface area (Å²) in [6.07, 6.45) is 0. The molecule has 0 saturated heterocycles. The van der Waals surface area contributed by atoms with Crippen LogP contribution in [0.15, 0.2) is 102 Å². The van der Waals surface area contributed by atoms with Gasteiger partial charge in [0, 0.05) is 17.5 Å². The molecule has 0 fully saturated rings. The highest BCUT2D eigenvalue weighted by Gasteiger charge is 2.27. The molecule has 176 valence electrons. The number of phenols is 1. The smallest absolute Gasteiger partial charge is 0.244 e. The van der Waals surface area contributed by atoms with Crippen LogP contribution in [0, 0.1) is 6.92 Å². The highest BCUT2D eigenvalue weighted by atomic mass is 32.2.